The van der Waals surface area contributed by atoms with Gasteiger partial charge in [-0.25, -0.2) is 0 Å². The van der Waals surface area contributed by atoms with E-state index in [9.17, 15) is 0 Å². The molecule has 0 radical (unpaired) electrons. The van der Waals surface area contributed by atoms with Crippen molar-refractivity contribution < 1.29 is 4.74 Å². The maximum atomic E-state index is 6.20. The van der Waals surface area contributed by atoms with Gasteiger partial charge >= 0.3 is 0 Å². The SMILES string of the molecule is CCC(CNC1CC1)OC1CCC(C)CC1. The molecule has 1 unspecified atom stereocenters. The monoisotopic (exact) mass is 225 g/mol. The minimum atomic E-state index is 0.444. The Morgan fingerprint density at radius 2 is 1.81 bits per heavy atom. The topological polar surface area (TPSA) is 21.3 Å². The van der Waals surface area contributed by atoms with Crippen molar-refractivity contribution in [1.29, 1.82) is 0 Å². The molecule has 0 aromatic rings. The van der Waals surface area contributed by atoms with Gasteiger partial charge in [-0.1, -0.05) is 13.8 Å². The van der Waals surface area contributed by atoms with E-state index in [0.29, 0.717) is 12.2 Å². The van der Waals surface area contributed by atoms with Crippen molar-refractivity contribution in [1.82, 2.24) is 5.32 Å². The molecule has 0 aromatic carbocycles. The highest BCUT2D eigenvalue weighted by Gasteiger charge is 2.24. The molecule has 0 aromatic heterocycles. The standard InChI is InChI=1S/C14H27NO/c1-3-13(10-15-12-6-7-12)16-14-8-4-11(2)5-9-14/h11-15H,3-10H2,1-2H3. The highest BCUT2D eigenvalue weighted by atomic mass is 16.5. The molecule has 16 heavy (non-hydrogen) atoms. The van der Waals surface area contributed by atoms with Gasteiger partial charge in [-0.05, 0) is 50.9 Å². The van der Waals surface area contributed by atoms with E-state index in [1.54, 1.807) is 0 Å². The first-order valence-electron chi connectivity index (χ1n) is 7.16. The van der Waals surface area contributed by atoms with Crippen LogP contribution in [-0.2, 0) is 4.74 Å². The second-order valence-electron chi connectivity index (χ2n) is 5.73. The summed E-state index contributed by atoms with van der Waals surface area (Å²) in [5.41, 5.74) is 0. The molecule has 2 heteroatoms. The summed E-state index contributed by atoms with van der Waals surface area (Å²) in [4.78, 5) is 0. The Balaban J connectivity index is 1.64. The summed E-state index contributed by atoms with van der Waals surface area (Å²) in [6, 6.07) is 0.809. The van der Waals surface area contributed by atoms with Crippen molar-refractivity contribution in [2.24, 2.45) is 5.92 Å². The largest absolute Gasteiger partial charge is 0.374 e. The molecule has 1 N–H and O–H groups in total. The number of rotatable bonds is 6. The van der Waals surface area contributed by atoms with Gasteiger partial charge in [-0.15, -0.1) is 0 Å². The molecule has 0 amide bonds. The Morgan fingerprint density at radius 1 is 1.12 bits per heavy atom. The van der Waals surface area contributed by atoms with Gasteiger partial charge in [0.05, 0.1) is 12.2 Å². The van der Waals surface area contributed by atoms with E-state index in [4.69, 9.17) is 4.74 Å². The van der Waals surface area contributed by atoms with Gasteiger partial charge in [0.1, 0.15) is 0 Å². The molecule has 2 saturated carbocycles. The summed E-state index contributed by atoms with van der Waals surface area (Å²) in [5.74, 6) is 0.921. The van der Waals surface area contributed by atoms with E-state index in [1.165, 1.54) is 38.5 Å². The average molecular weight is 225 g/mol. The third-order valence-electron chi connectivity index (χ3n) is 4.01. The number of hydrogen-bond donors (Lipinski definition) is 1. The summed E-state index contributed by atoms with van der Waals surface area (Å²) in [6.07, 6.45) is 10.2. The van der Waals surface area contributed by atoms with Gasteiger partial charge in [0.25, 0.3) is 0 Å². The highest BCUT2D eigenvalue weighted by molar-refractivity contribution is 4.82. The van der Waals surface area contributed by atoms with E-state index in [2.05, 4.69) is 19.2 Å². The van der Waals surface area contributed by atoms with Crippen molar-refractivity contribution in [2.45, 2.75) is 77.0 Å². The van der Waals surface area contributed by atoms with Crippen LogP contribution in [0.1, 0.15) is 58.8 Å². The maximum absolute atomic E-state index is 6.20. The first-order valence-corrected chi connectivity index (χ1v) is 7.16. The van der Waals surface area contributed by atoms with Crippen LogP contribution in [0.3, 0.4) is 0 Å². The predicted molar refractivity (Wildman–Crippen MR) is 67.6 cm³/mol. The van der Waals surface area contributed by atoms with Crippen LogP contribution < -0.4 is 5.32 Å². The van der Waals surface area contributed by atoms with E-state index in [1.807, 2.05) is 0 Å². The summed E-state index contributed by atoms with van der Waals surface area (Å²) in [5, 5.41) is 3.58. The zero-order chi connectivity index (χ0) is 11.4. The van der Waals surface area contributed by atoms with Crippen molar-refractivity contribution in [3.8, 4) is 0 Å². The molecule has 1 atom stereocenters. The van der Waals surface area contributed by atoms with E-state index in [-0.39, 0.29) is 0 Å². The second kappa shape index (κ2) is 6.02. The molecular weight excluding hydrogens is 198 g/mol. The van der Waals surface area contributed by atoms with Crippen LogP contribution in [0.15, 0.2) is 0 Å². The first kappa shape index (κ1) is 12.4. The number of nitrogens with one attached hydrogen (secondary N) is 1. The third-order valence-corrected chi connectivity index (χ3v) is 4.01. The molecular formula is C14H27NO. The van der Waals surface area contributed by atoms with Crippen LogP contribution in [0.5, 0.6) is 0 Å². The van der Waals surface area contributed by atoms with E-state index in [0.717, 1.165) is 24.9 Å². The molecule has 0 bridgehead atoms. The van der Waals surface area contributed by atoms with E-state index < -0.39 is 0 Å². The Bertz CT molecular complexity index is 195. The quantitative estimate of drug-likeness (QED) is 0.750. The van der Waals surface area contributed by atoms with Gasteiger partial charge in [0.15, 0.2) is 0 Å². The van der Waals surface area contributed by atoms with E-state index >= 15 is 0 Å². The van der Waals surface area contributed by atoms with Crippen LogP contribution in [0.4, 0.5) is 0 Å². The summed E-state index contributed by atoms with van der Waals surface area (Å²) < 4.78 is 6.20. The normalized spacial score (nSPS) is 32.6. The average Bonchev–Trinajstić information content (AvgIpc) is 3.11. The van der Waals surface area contributed by atoms with Crippen molar-refractivity contribution in [2.75, 3.05) is 6.54 Å². The van der Waals surface area contributed by atoms with Crippen LogP contribution in [0.2, 0.25) is 0 Å². The lowest BCUT2D eigenvalue weighted by Gasteiger charge is -2.30. The molecule has 2 nitrogen and oxygen atoms in total. The van der Waals surface area contributed by atoms with Crippen molar-refractivity contribution in [3.05, 3.63) is 0 Å². The van der Waals surface area contributed by atoms with Crippen LogP contribution >= 0.6 is 0 Å². The molecule has 0 aliphatic heterocycles. The molecule has 0 saturated heterocycles. The molecule has 2 aliphatic carbocycles. The van der Waals surface area contributed by atoms with Crippen LogP contribution in [-0.4, -0.2) is 24.8 Å². The molecule has 2 rings (SSSR count). The molecule has 0 heterocycles. The maximum Gasteiger partial charge on any atom is 0.0700 e. The molecule has 94 valence electrons. The lowest BCUT2D eigenvalue weighted by Crippen LogP contribution is -2.34. The minimum absolute atomic E-state index is 0.444. The minimum Gasteiger partial charge on any atom is -0.374 e. The van der Waals surface area contributed by atoms with Gasteiger partial charge in [-0.2, -0.15) is 0 Å². The zero-order valence-corrected chi connectivity index (χ0v) is 10.9. The Labute approximate surface area is 100 Å². The van der Waals surface area contributed by atoms with Gasteiger partial charge in [0.2, 0.25) is 0 Å². The van der Waals surface area contributed by atoms with Crippen LogP contribution in [0.25, 0.3) is 0 Å². The lowest BCUT2D eigenvalue weighted by atomic mass is 9.89. The van der Waals surface area contributed by atoms with Gasteiger partial charge < -0.3 is 10.1 Å². The van der Waals surface area contributed by atoms with Crippen LogP contribution in [0, 0.1) is 5.92 Å². The number of hydrogen-bond acceptors (Lipinski definition) is 2. The highest BCUT2D eigenvalue weighted by Crippen LogP contribution is 2.27. The van der Waals surface area contributed by atoms with Gasteiger partial charge in [0, 0.05) is 12.6 Å². The first-order chi connectivity index (χ1) is 7.78. The lowest BCUT2D eigenvalue weighted by molar-refractivity contribution is -0.0359. The summed E-state index contributed by atoms with van der Waals surface area (Å²) >= 11 is 0. The Morgan fingerprint density at radius 3 is 2.38 bits per heavy atom. The molecule has 2 fully saturated rings. The Hall–Kier alpha value is -0.0800. The van der Waals surface area contributed by atoms with Gasteiger partial charge in [-0.3, -0.25) is 0 Å². The van der Waals surface area contributed by atoms with Crippen molar-refractivity contribution >= 4 is 0 Å². The summed E-state index contributed by atoms with van der Waals surface area (Å²) in [7, 11) is 0. The second-order valence-corrected chi connectivity index (χ2v) is 5.73. The smallest absolute Gasteiger partial charge is 0.0700 e. The number of ether oxygens (including phenoxy) is 1. The fourth-order valence-corrected chi connectivity index (χ4v) is 2.51. The third kappa shape index (κ3) is 4.06. The fraction of sp³-hybridized carbons (Fsp3) is 1.00. The fourth-order valence-electron chi connectivity index (χ4n) is 2.51. The zero-order valence-electron chi connectivity index (χ0n) is 10.9. The Kier molecular flexibility index (Phi) is 4.66. The molecule has 0 spiro atoms. The van der Waals surface area contributed by atoms with Crippen molar-refractivity contribution in [3.63, 3.8) is 0 Å². The summed E-state index contributed by atoms with van der Waals surface area (Å²) in [6.45, 7) is 5.67. The molecule has 2 aliphatic rings. The predicted octanol–water partition coefficient (Wildman–Crippen LogP) is 3.11.